The lowest BCUT2D eigenvalue weighted by Gasteiger charge is -1.86. The van der Waals surface area contributed by atoms with E-state index in [4.69, 9.17) is 37.1 Å². The number of aromatic carboxylic acids is 1. The first-order valence-electron chi connectivity index (χ1n) is 6.30. The van der Waals surface area contributed by atoms with Gasteiger partial charge in [-0.3, -0.25) is 0 Å². The number of carbonyl (C=O) groups is 1. The SMILES string of the molecule is Clc1cc2ccoc2cn1.O=C(O)c1cc2cc(Cl)ncc2o1. The molecule has 0 saturated carbocycles. The van der Waals surface area contributed by atoms with Crippen LogP contribution >= 0.6 is 23.2 Å². The second kappa shape index (κ2) is 6.28. The van der Waals surface area contributed by atoms with Crippen LogP contribution in [-0.4, -0.2) is 21.0 Å². The lowest BCUT2D eigenvalue weighted by molar-refractivity contribution is 0.0665. The van der Waals surface area contributed by atoms with E-state index in [9.17, 15) is 4.79 Å². The third-order valence-corrected chi connectivity index (χ3v) is 3.30. The van der Waals surface area contributed by atoms with Crippen LogP contribution in [0.2, 0.25) is 10.3 Å². The van der Waals surface area contributed by atoms with E-state index in [1.54, 1.807) is 24.6 Å². The average Bonchev–Trinajstić information content (AvgIpc) is 3.12. The molecule has 0 atom stereocenters. The molecule has 0 amide bonds. The van der Waals surface area contributed by atoms with Gasteiger partial charge >= 0.3 is 5.97 Å². The fraction of sp³-hybridized carbons (Fsp3) is 0. The van der Waals surface area contributed by atoms with Gasteiger partial charge in [0.1, 0.15) is 10.3 Å². The molecule has 0 unspecified atom stereocenters. The highest BCUT2D eigenvalue weighted by Gasteiger charge is 2.10. The molecule has 8 heteroatoms. The number of halogens is 2. The topological polar surface area (TPSA) is 89.4 Å². The van der Waals surface area contributed by atoms with E-state index in [0.717, 1.165) is 11.0 Å². The van der Waals surface area contributed by atoms with Gasteiger partial charge < -0.3 is 13.9 Å². The quantitative estimate of drug-likeness (QED) is 0.502. The highest BCUT2D eigenvalue weighted by molar-refractivity contribution is 6.30. The number of fused-ring (bicyclic) bond motifs is 2. The van der Waals surface area contributed by atoms with E-state index in [-0.39, 0.29) is 5.76 Å². The molecule has 4 rings (SSSR count). The predicted octanol–water partition coefficient (Wildman–Crippen LogP) is 4.66. The van der Waals surface area contributed by atoms with Crippen molar-refractivity contribution in [2.45, 2.75) is 0 Å². The summed E-state index contributed by atoms with van der Waals surface area (Å²) in [5, 5.41) is 11.0. The molecule has 0 spiro atoms. The molecule has 0 radical (unpaired) electrons. The molecule has 0 aliphatic rings. The minimum Gasteiger partial charge on any atom is -0.475 e. The van der Waals surface area contributed by atoms with Crippen LogP contribution in [0.3, 0.4) is 0 Å². The highest BCUT2D eigenvalue weighted by atomic mass is 35.5. The summed E-state index contributed by atoms with van der Waals surface area (Å²) in [5.41, 5.74) is 1.19. The summed E-state index contributed by atoms with van der Waals surface area (Å²) < 4.78 is 10.0. The Bertz CT molecular complexity index is 993. The maximum absolute atomic E-state index is 10.5. The van der Waals surface area contributed by atoms with Crippen LogP contribution in [0, 0.1) is 0 Å². The van der Waals surface area contributed by atoms with Crippen molar-refractivity contribution in [3.8, 4) is 0 Å². The van der Waals surface area contributed by atoms with Crippen molar-refractivity contribution in [3.63, 3.8) is 0 Å². The van der Waals surface area contributed by atoms with Gasteiger partial charge in [-0.1, -0.05) is 23.2 Å². The molecular formula is C15H8Cl2N2O4. The molecule has 6 nitrogen and oxygen atoms in total. The van der Waals surface area contributed by atoms with Crippen molar-refractivity contribution in [1.29, 1.82) is 0 Å². The summed E-state index contributed by atoms with van der Waals surface area (Å²) in [5.74, 6) is -1.22. The van der Waals surface area contributed by atoms with Crippen LogP contribution < -0.4 is 0 Å². The Morgan fingerprint density at radius 3 is 2.35 bits per heavy atom. The van der Waals surface area contributed by atoms with E-state index < -0.39 is 5.97 Å². The van der Waals surface area contributed by atoms with Crippen LogP contribution in [0.1, 0.15) is 10.6 Å². The molecule has 0 aliphatic heterocycles. The van der Waals surface area contributed by atoms with Crippen LogP contribution in [-0.2, 0) is 0 Å². The van der Waals surface area contributed by atoms with Crippen molar-refractivity contribution in [3.05, 3.63) is 59.0 Å². The number of nitrogens with zero attached hydrogens (tertiary/aromatic N) is 2. The van der Waals surface area contributed by atoms with Crippen LogP contribution in [0.15, 0.2) is 51.8 Å². The largest absolute Gasteiger partial charge is 0.475 e. The predicted molar refractivity (Wildman–Crippen MR) is 85.0 cm³/mol. The summed E-state index contributed by atoms with van der Waals surface area (Å²) in [6, 6.07) is 6.57. The monoisotopic (exact) mass is 350 g/mol. The molecule has 4 aromatic heterocycles. The smallest absolute Gasteiger partial charge is 0.371 e. The normalized spacial score (nSPS) is 10.5. The number of pyridine rings is 2. The molecular weight excluding hydrogens is 343 g/mol. The Kier molecular flexibility index (Phi) is 4.18. The maximum Gasteiger partial charge on any atom is 0.371 e. The first-order valence-corrected chi connectivity index (χ1v) is 7.05. The van der Waals surface area contributed by atoms with E-state index in [2.05, 4.69) is 9.97 Å². The van der Waals surface area contributed by atoms with E-state index in [1.165, 1.54) is 12.3 Å². The highest BCUT2D eigenvalue weighted by Crippen LogP contribution is 2.20. The Hall–Kier alpha value is -2.57. The second-order valence-electron chi connectivity index (χ2n) is 4.43. The fourth-order valence-electron chi connectivity index (χ4n) is 1.87. The zero-order valence-corrected chi connectivity index (χ0v) is 12.9. The van der Waals surface area contributed by atoms with Crippen molar-refractivity contribution in [2.24, 2.45) is 0 Å². The van der Waals surface area contributed by atoms with Gasteiger partial charge in [-0.2, -0.15) is 0 Å². The van der Waals surface area contributed by atoms with E-state index in [1.807, 2.05) is 6.07 Å². The molecule has 0 bridgehead atoms. The second-order valence-corrected chi connectivity index (χ2v) is 5.20. The van der Waals surface area contributed by atoms with Gasteiger partial charge in [-0.15, -0.1) is 0 Å². The fourth-order valence-corrected chi connectivity index (χ4v) is 2.20. The summed E-state index contributed by atoms with van der Waals surface area (Å²) in [6.45, 7) is 0. The maximum atomic E-state index is 10.5. The number of aromatic nitrogens is 2. The number of furan rings is 2. The van der Waals surface area contributed by atoms with Crippen molar-refractivity contribution < 1.29 is 18.7 Å². The summed E-state index contributed by atoms with van der Waals surface area (Å²) in [4.78, 5) is 18.1. The van der Waals surface area contributed by atoms with Gasteiger partial charge in [0.15, 0.2) is 11.2 Å². The van der Waals surface area contributed by atoms with Crippen LogP contribution in [0.5, 0.6) is 0 Å². The van der Waals surface area contributed by atoms with Crippen molar-refractivity contribution in [2.75, 3.05) is 0 Å². The zero-order valence-electron chi connectivity index (χ0n) is 11.4. The van der Waals surface area contributed by atoms with Gasteiger partial charge in [0.05, 0.1) is 18.7 Å². The Labute approximate surface area is 139 Å². The molecule has 1 N–H and O–H groups in total. The van der Waals surface area contributed by atoms with E-state index in [0.29, 0.717) is 21.3 Å². The summed E-state index contributed by atoms with van der Waals surface area (Å²) in [7, 11) is 0. The van der Waals surface area contributed by atoms with Gasteiger partial charge in [-0.25, -0.2) is 14.8 Å². The first-order chi connectivity index (χ1) is 11.0. The molecule has 116 valence electrons. The number of hydrogen-bond donors (Lipinski definition) is 1. The van der Waals surface area contributed by atoms with Crippen LogP contribution in [0.4, 0.5) is 0 Å². The third-order valence-electron chi connectivity index (χ3n) is 2.89. The minimum absolute atomic E-state index is 0.112. The average molecular weight is 351 g/mol. The standard InChI is InChI=1S/C8H4ClNO3.C7H4ClNO/c9-7-2-4-1-5(8(11)12)13-6(4)3-10-7;8-7-3-5-1-2-10-6(5)4-9-7/h1-3H,(H,11,12);1-4H. The summed E-state index contributed by atoms with van der Waals surface area (Å²) >= 11 is 11.2. The molecule has 0 aromatic carbocycles. The van der Waals surface area contributed by atoms with Gasteiger partial charge in [0, 0.05) is 10.8 Å². The van der Waals surface area contributed by atoms with Gasteiger partial charge in [0.2, 0.25) is 5.76 Å². The number of hydrogen-bond acceptors (Lipinski definition) is 5. The zero-order chi connectivity index (χ0) is 16.4. The van der Waals surface area contributed by atoms with E-state index >= 15 is 0 Å². The Balaban J connectivity index is 0.000000140. The molecule has 4 aromatic rings. The molecule has 0 fully saturated rings. The number of carboxylic acids is 1. The Morgan fingerprint density at radius 2 is 1.65 bits per heavy atom. The van der Waals surface area contributed by atoms with Crippen molar-refractivity contribution in [1.82, 2.24) is 9.97 Å². The lowest BCUT2D eigenvalue weighted by Crippen LogP contribution is -1.91. The minimum atomic E-state index is -1.10. The molecule has 23 heavy (non-hydrogen) atoms. The van der Waals surface area contributed by atoms with Crippen molar-refractivity contribution >= 4 is 51.1 Å². The lowest BCUT2D eigenvalue weighted by atomic mass is 10.3. The van der Waals surface area contributed by atoms with Gasteiger partial charge in [-0.05, 0) is 24.3 Å². The third kappa shape index (κ3) is 3.44. The van der Waals surface area contributed by atoms with Crippen LogP contribution in [0.25, 0.3) is 21.9 Å². The number of carboxylic acid groups (broad SMARTS) is 1. The Morgan fingerprint density at radius 1 is 1.00 bits per heavy atom. The molecule has 4 heterocycles. The summed E-state index contributed by atoms with van der Waals surface area (Å²) in [6.07, 6.45) is 4.62. The molecule has 0 saturated heterocycles. The first kappa shape index (κ1) is 15.3. The van der Waals surface area contributed by atoms with Gasteiger partial charge in [0.25, 0.3) is 0 Å². The molecule has 0 aliphatic carbocycles. The number of rotatable bonds is 1.